The molecule has 0 atom stereocenters. The van der Waals surface area contributed by atoms with Gasteiger partial charge >= 0.3 is 0 Å². The van der Waals surface area contributed by atoms with E-state index in [1.165, 1.54) is 56.3 Å². The zero-order chi connectivity index (χ0) is 70.1. The number of nitrogens with zero attached hydrogens (tertiary/aromatic N) is 11. The molecular formula is C53H53ClN14O20S7. The van der Waals surface area contributed by atoms with Crippen molar-refractivity contribution >= 4 is 183 Å². The van der Waals surface area contributed by atoms with Crippen LogP contribution in [0.1, 0.15) is 56.7 Å². The number of nitriles is 1. The Morgan fingerprint density at radius 2 is 1.06 bits per heavy atom. The molecule has 0 aliphatic carbocycles. The first kappa shape index (κ1) is 73.9. The molecule has 2 aromatic heterocycles. The molecular weight excluding hydrogens is 1410 g/mol. The van der Waals surface area contributed by atoms with Gasteiger partial charge in [-0.1, -0.05) is 11.6 Å². The maximum atomic E-state index is 12.9. The summed E-state index contributed by atoms with van der Waals surface area (Å²) in [4.78, 5) is 41.9. The Labute approximate surface area is 554 Å². The molecule has 9 N–H and O–H groups in total. The molecule has 95 heavy (non-hydrogen) atoms. The van der Waals surface area contributed by atoms with Crippen molar-refractivity contribution in [1.82, 2.24) is 9.38 Å². The van der Waals surface area contributed by atoms with Crippen LogP contribution in [-0.2, 0) is 65.0 Å². The highest BCUT2D eigenvalue weighted by Crippen LogP contribution is 2.47. The number of carbonyl (C=O) groups excluding carboxylic acids is 3. The van der Waals surface area contributed by atoms with Crippen LogP contribution in [0.4, 0.5) is 62.6 Å². The van der Waals surface area contributed by atoms with E-state index in [2.05, 4.69) is 61.8 Å². The smallest absolute Gasteiger partial charge is 0.296 e. The predicted octanol–water partition coefficient (Wildman–Crippen LogP) is 11.8. The number of rotatable bonds is 28. The number of imidazole rings is 1. The summed E-state index contributed by atoms with van der Waals surface area (Å²) in [5, 5.41) is 64.0. The van der Waals surface area contributed by atoms with Gasteiger partial charge in [-0.15, -0.1) is 59.3 Å². The minimum absolute atomic E-state index is 0.00844. The van der Waals surface area contributed by atoms with Crippen molar-refractivity contribution in [2.75, 3.05) is 51.3 Å². The van der Waals surface area contributed by atoms with Gasteiger partial charge in [-0.25, -0.2) is 4.98 Å². The molecule has 0 fully saturated rings. The quantitative estimate of drug-likeness (QED) is 0.00952. The van der Waals surface area contributed by atoms with Crippen LogP contribution < -0.4 is 20.7 Å². The molecule has 0 saturated heterocycles. The average molecular weight is 1470 g/mol. The zero-order valence-electron chi connectivity index (χ0n) is 49.8. The monoisotopic (exact) mass is 1460 g/mol. The van der Waals surface area contributed by atoms with Crippen LogP contribution in [0.3, 0.4) is 0 Å². The molecule has 2 heterocycles. The van der Waals surface area contributed by atoms with E-state index in [0.29, 0.717) is 0 Å². The summed E-state index contributed by atoms with van der Waals surface area (Å²) in [6.07, 6.45) is -0.557. The van der Waals surface area contributed by atoms with Crippen molar-refractivity contribution in [3.05, 3.63) is 88.4 Å². The molecule has 504 valence electrons. The van der Waals surface area contributed by atoms with Gasteiger partial charge in [0.15, 0.2) is 11.3 Å². The second-order valence-corrected chi connectivity index (χ2v) is 30.3. The van der Waals surface area contributed by atoms with Crippen LogP contribution in [0.25, 0.3) is 16.7 Å². The number of pyridine rings is 1. The summed E-state index contributed by atoms with van der Waals surface area (Å²) in [5.74, 6) is -5.08. The van der Waals surface area contributed by atoms with Crippen molar-refractivity contribution in [2.45, 2.75) is 73.5 Å². The lowest BCUT2D eigenvalue weighted by molar-refractivity contribution is -0.115. The normalized spacial score (nSPS) is 12.6. The number of benzene rings is 5. The minimum Gasteiger partial charge on any atom is -0.493 e. The number of carbonyl (C=O) groups is 3. The van der Waals surface area contributed by atoms with E-state index >= 15 is 0 Å². The lowest BCUT2D eigenvalue weighted by atomic mass is 10.1. The number of azo groups is 4. The maximum absolute atomic E-state index is 12.9. The van der Waals surface area contributed by atoms with Gasteiger partial charge in [0.25, 0.3) is 50.6 Å². The van der Waals surface area contributed by atoms with Gasteiger partial charge in [0.1, 0.15) is 56.4 Å². The number of amides is 3. The molecule has 0 bridgehead atoms. The standard InChI is InChI=1S/C53H53ClN14O20S7/c1-27-17-33(94(82,83)84)19-45-50(27)59-52-34(26-55)28(2)51(53(72)68(45)52)67-64-42-20-36(56-29(3)69)39(23-46(42)88-11-6-14-91(73,74)75)62-65-43-22-38(58-31(5)71)41(25-48(43)90-13-8-16-93(79,80)81)63-66-44-21-37(57-30(4)70)40(24-47(44)89-12-7-15-92(76,77)78)61-60-32-9-10-35(54)49(18-32)95(85,86)87/h9-10,17-25,72H,6-8,11-16H2,1-5H3,(H,56,69)(H,57,70)(H,58,71)(H,73,74,75)(H,76,77,78)(H,79,80,81)(H,82,83,84)(H,85,86,87). The fourth-order valence-electron chi connectivity index (χ4n) is 8.48. The predicted molar refractivity (Wildman–Crippen MR) is 349 cm³/mol. The molecule has 42 heteroatoms. The molecule has 5 aromatic carbocycles. The van der Waals surface area contributed by atoms with E-state index in [4.69, 9.17) is 16.3 Å². The molecule has 0 saturated carbocycles. The van der Waals surface area contributed by atoms with Gasteiger partial charge < -0.3 is 25.8 Å². The summed E-state index contributed by atoms with van der Waals surface area (Å²) in [7, 11) is -23.0. The molecule has 0 radical (unpaired) electrons. The van der Waals surface area contributed by atoms with E-state index in [9.17, 15) is 89.6 Å². The van der Waals surface area contributed by atoms with E-state index in [0.717, 1.165) is 73.0 Å². The summed E-state index contributed by atoms with van der Waals surface area (Å²) in [5.41, 5.74) is -1.52. The van der Waals surface area contributed by atoms with Crippen LogP contribution in [-0.4, -0.2) is 132 Å². The SMILES string of the molecule is CC(=O)Nc1cc(N=Nc2cc(SCCCS(=O)(=O)O)c(N=Nc3cc(OCCCS(=O)(=O)O)c(N=Nc4c(C)c(C#N)c5nc6c(C)cc(S(=O)(=O)O)cc6n5c4O)cc3NC(C)=O)cc2NC(C)=O)c(SCCCS(=O)(=O)O)cc1N=Nc1ccc(Cl)c(S(=O)(=O)O)c1. The van der Waals surface area contributed by atoms with Crippen LogP contribution in [0.2, 0.25) is 5.02 Å². The average Bonchev–Trinajstić information content (AvgIpc) is 1.60. The van der Waals surface area contributed by atoms with Gasteiger partial charge in [0.2, 0.25) is 23.6 Å². The summed E-state index contributed by atoms with van der Waals surface area (Å²) < 4.78 is 174. The Morgan fingerprint density at radius 1 is 0.600 bits per heavy atom. The van der Waals surface area contributed by atoms with Crippen molar-refractivity contribution in [2.24, 2.45) is 40.9 Å². The molecule has 7 rings (SSSR count). The summed E-state index contributed by atoms with van der Waals surface area (Å²) in [6, 6.07) is 15.1. The van der Waals surface area contributed by atoms with Crippen molar-refractivity contribution < 1.29 is 89.1 Å². The van der Waals surface area contributed by atoms with E-state index in [1.54, 1.807) is 0 Å². The Bertz CT molecular complexity index is 5050. The van der Waals surface area contributed by atoms with Gasteiger partial charge in [0, 0.05) is 42.2 Å². The molecule has 7 aromatic rings. The highest BCUT2D eigenvalue weighted by molar-refractivity contribution is 7.99. The number of thioether (sulfide) groups is 2. The zero-order valence-corrected chi connectivity index (χ0v) is 56.2. The second kappa shape index (κ2) is 30.5. The first-order valence-electron chi connectivity index (χ1n) is 26.9. The van der Waals surface area contributed by atoms with Crippen LogP contribution in [0.15, 0.2) is 127 Å². The van der Waals surface area contributed by atoms with E-state index in [1.807, 2.05) is 6.07 Å². The highest BCUT2D eigenvalue weighted by atomic mass is 35.5. The lowest BCUT2D eigenvalue weighted by Crippen LogP contribution is -2.09. The van der Waals surface area contributed by atoms with Gasteiger partial charge in [-0.2, -0.15) is 52.5 Å². The molecule has 0 unspecified atom stereocenters. The third-order valence-electron chi connectivity index (χ3n) is 12.5. The number of fused-ring (bicyclic) bond motifs is 3. The number of hydrogen-bond acceptors (Lipinski definition) is 27. The minimum atomic E-state index is -4.82. The van der Waals surface area contributed by atoms with Crippen molar-refractivity contribution in [3.8, 4) is 17.7 Å². The van der Waals surface area contributed by atoms with E-state index in [-0.39, 0.29) is 147 Å². The van der Waals surface area contributed by atoms with Crippen molar-refractivity contribution in [3.63, 3.8) is 0 Å². The Hall–Kier alpha value is -8.51. The topological polar surface area (TPSA) is 529 Å². The Balaban J connectivity index is 1.39. The summed E-state index contributed by atoms with van der Waals surface area (Å²) >= 11 is 7.91. The number of nitrogens with one attached hydrogen (secondary N) is 3. The maximum Gasteiger partial charge on any atom is 0.296 e. The largest absolute Gasteiger partial charge is 0.493 e. The second-order valence-electron chi connectivity index (χ2n) is 20.0. The number of ether oxygens (including phenoxy) is 1. The van der Waals surface area contributed by atoms with Crippen LogP contribution in [0.5, 0.6) is 11.6 Å². The van der Waals surface area contributed by atoms with Crippen molar-refractivity contribution in [1.29, 1.82) is 5.26 Å². The molecule has 0 spiro atoms. The Morgan fingerprint density at radius 3 is 1.54 bits per heavy atom. The van der Waals surface area contributed by atoms with Gasteiger partial charge in [-0.3, -0.25) is 41.5 Å². The molecule has 0 aliphatic rings. The summed E-state index contributed by atoms with van der Waals surface area (Å²) in [6.45, 7) is 5.87. The fourth-order valence-corrected chi connectivity index (χ4v) is 13.8. The number of aryl methyl sites for hydroxylation is 1. The van der Waals surface area contributed by atoms with Gasteiger partial charge in [-0.05, 0) is 111 Å². The third kappa shape index (κ3) is 20.5. The number of halogens is 1. The van der Waals surface area contributed by atoms with Crippen LogP contribution >= 0.6 is 35.1 Å². The number of aromatic hydroxyl groups is 1. The highest BCUT2D eigenvalue weighted by Gasteiger charge is 2.25. The molecule has 34 nitrogen and oxygen atoms in total. The first-order valence-corrected chi connectivity index (χ1v) is 37.0. The van der Waals surface area contributed by atoms with E-state index < -0.39 is 108 Å². The fraction of sp³-hybridized carbons (Fsp3) is 0.264. The third-order valence-corrected chi connectivity index (χ3v) is 19.4. The molecule has 0 aliphatic heterocycles. The van der Waals surface area contributed by atoms with Crippen LogP contribution in [0, 0.1) is 25.2 Å². The lowest BCUT2D eigenvalue weighted by Gasteiger charge is -2.14. The van der Waals surface area contributed by atoms with Gasteiger partial charge in [0.05, 0.1) is 67.6 Å². The molecule has 3 amide bonds. The number of anilines is 3. The Kier molecular flexibility index (Phi) is 23.7. The number of hydrogen-bond donors (Lipinski definition) is 9. The first-order chi connectivity index (χ1) is 44.3. The number of aromatic nitrogens is 2.